The van der Waals surface area contributed by atoms with Crippen molar-refractivity contribution in [2.45, 2.75) is 10.1 Å². The molecule has 118 valence electrons. The van der Waals surface area contributed by atoms with Gasteiger partial charge >= 0.3 is 0 Å². The number of hydrogen-bond donors (Lipinski definition) is 0. The lowest BCUT2D eigenvalue weighted by Gasteiger charge is -2.33. The van der Waals surface area contributed by atoms with Crippen molar-refractivity contribution >= 4 is 15.6 Å². The number of carbonyl (C=O) groups excluding carboxylic acids is 1. The Balaban J connectivity index is 1.93. The van der Waals surface area contributed by atoms with Crippen LogP contribution in [0.1, 0.15) is 21.2 Å². The quantitative estimate of drug-likeness (QED) is 0.850. The summed E-state index contributed by atoms with van der Waals surface area (Å²) in [5.74, 6) is -0.682. The van der Waals surface area contributed by atoms with Crippen molar-refractivity contribution in [1.82, 2.24) is 0 Å². The first-order chi connectivity index (χ1) is 11.1. The van der Waals surface area contributed by atoms with Gasteiger partial charge in [0.2, 0.25) is 0 Å². The third-order valence-electron chi connectivity index (χ3n) is 4.79. The van der Waals surface area contributed by atoms with Gasteiger partial charge in [0.25, 0.3) is 0 Å². The first-order valence-corrected chi connectivity index (χ1v) is 9.15. The Bertz CT molecular complexity index is 858. The third-order valence-corrected chi connectivity index (χ3v) is 6.99. The van der Waals surface area contributed by atoms with Crippen LogP contribution in [-0.4, -0.2) is 27.4 Å². The highest BCUT2D eigenvalue weighted by atomic mass is 32.2. The summed E-state index contributed by atoms with van der Waals surface area (Å²) in [5.41, 5.74) is 1.12. The van der Waals surface area contributed by atoms with Crippen molar-refractivity contribution in [3.8, 4) is 0 Å². The smallest absolute Gasteiger partial charge is 0.185 e. The number of sulfone groups is 1. The van der Waals surface area contributed by atoms with E-state index in [0.717, 1.165) is 0 Å². The molecule has 0 amide bonds. The van der Waals surface area contributed by atoms with Crippen molar-refractivity contribution < 1.29 is 17.9 Å². The highest BCUT2D eigenvalue weighted by Gasteiger charge is 2.50. The van der Waals surface area contributed by atoms with Crippen LogP contribution in [0.5, 0.6) is 0 Å². The number of hydrogen-bond acceptors (Lipinski definition) is 4. The number of ether oxygens (including phenoxy) is 1. The minimum absolute atomic E-state index is 0.00242. The van der Waals surface area contributed by atoms with E-state index in [0.29, 0.717) is 29.2 Å². The Kier molecular flexibility index (Phi) is 3.36. The molecule has 1 aliphatic carbocycles. The maximum Gasteiger partial charge on any atom is 0.185 e. The lowest BCUT2D eigenvalue weighted by molar-refractivity contribution is 0.0871. The van der Waals surface area contributed by atoms with E-state index in [1.165, 1.54) is 0 Å². The maximum atomic E-state index is 13.2. The van der Waals surface area contributed by atoms with E-state index in [9.17, 15) is 13.2 Å². The molecule has 5 heteroatoms. The summed E-state index contributed by atoms with van der Waals surface area (Å²) in [6.07, 6.45) is 0. The van der Waals surface area contributed by atoms with Gasteiger partial charge in [-0.05, 0) is 17.7 Å². The molecular formula is C18H16O4S. The molecule has 0 saturated carbocycles. The Labute approximate surface area is 135 Å². The second-order valence-electron chi connectivity index (χ2n) is 6.04. The molecule has 4 rings (SSSR count). The predicted octanol–water partition coefficient (Wildman–Crippen LogP) is 2.66. The van der Waals surface area contributed by atoms with Crippen LogP contribution >= 0.6 is 0 Å². The lowest BCUT2D eigenvalue weighted by atomic mass is 9.76. The molecule has 2 aromatic carbocycles. The monoisotopic (exact) mass is 328 g/mol. The summed E-state index contributed by atoms with van der Waals surface area (Å²) in [7, 11) is -3.59. The molecule has 1 aliphatic heterocycles. The summed E-state index contributed by atoms with van der Waals surface area (Å²) in [4.78, 5) is 12.9. The van der Waals surface area contributed by atoms with Gasteiger partial charge in [0.05, 0.1) is 29.3 Å². The number of ketones is 1. The zero-order chi connectivity index (χ0) is 16.0. The molecule has 0 radical (unpaired) electrons. The van der Waals surface area contributed by atoms with E-state index in [2.05, 4.69) is 0 Å². The maximum absolute atomic E-state index is 13.2. The van der Waals surface area contributed by atoms with E-state index in [-0.39, 0.29) is 17.6 Å². The standard InChI is InChI=1S/C18H16O4S/c19-17-13-8-4-5-9-14(13)18(16-11-22-10-15(16)17)23(20,21)12-6-2-1-3-7-12/h1-9,15-16,18H,10-11H2/t15-,16+,18+/m1/s1. The van der Waals surface area contributed by atoms with Crippen molar-refractivity contribution in [3.05, 3.63) is 65.7 Å². The highest BCUT2D eigenvalue weighted by Crippen LogP contribution is 2.47. The summed E-state index contributed by atoms with van der Waals surface area (Å²) in [6.45, 7) is 0.611. The Morgan fingerprint density at radius 2 is 1.61 bits per heavy atom. The Morgan fingerprint density at radius 3 is 2.39 bits per heavy atom. The molecule has 2 aromatic rings. The number of rotatable bonds is 2. The molecule has 3 atom stereocenters. The van der Waals surface area contributed by atoms with Gasteiger partial charge in [-0.3, -0.25) is 4.79 Å². The molecule has 0 unspecified atom stereocenters. The van der Waals surface area contributed by atoms with E-state index < -0.39 is 15.1 Å². The normalized spacial score (nSPS) is 26.6. The average Bonchev–Trinajstić information content (AvgIpc) is 3.05. The van der Waals surface area contributed by atoms with Gasteiger partial charge in [-0.15, -0.1) is 0 Å². The van der Waals surface area contributed by atoms with E-state index >= 15 is 0 Å². The van der Waals surface area contributed by atoms with Crippen LogP contribution in [0.15, 0.2) is 59.5 Å². The average molecular weight is 328 g/mol. The van der Waals surface area contributed by atoms with Crippen LogP contribution in [0, 0.1) is 11.8 Å². The highest BCUT2D eigenvalue weighted by molar-refractivity contribution is 7.91. The van der Waals surface area contributed by atoms with Crippen molar-refractivity contribution in [2.24, 2.45) is 11.8 Å². The molecule has 0 aromatic heterocycles. The van der Waals surface area contributed by atoms with Gasteiger partial charge in [0, 0.05) is 11.5 Å². The van der Waals surface area contributed by atoms with Crippen LogP contribution in [0.25, 0.3) is 0 Å². The summed E-state index contributed by atoms with van der Waals surface area (Å²) in [5, 5.41) is -0.730. The number of benzene rings is 2. The van der Waals surface area contributed by atoms with Crippen LogP contribution in [0.2, 0.25) is 0 Å². The van der Waals surface area contributed by atoms with Gasteiger partial charge in [0.1, 0.15) is 0 Å². The van der Waals surface area contributed by atoms with Crippen molar-refractivity contribution in [3.63, 3.8) is 0 Å². The first-order valence-electron chi connectivity index (χ1n) is 7.60. The Morgan fingerprint density at radius 1 is 0.913 bits per heavy atom. The summed E-state index contributed by atoms with van der Waals surface area (Å²) >= 11 is 0. The molecule has 1 heterocycles. The van der Waals surface area contributed by atoms with Gasteiger partial charge in [-0.1, -0.05) is 42.5 Å². The first kappa shape index (κ1) is 14.6. The van der Waals surface area contributed by atoms with Gasteiger partial charge < -0.3 is 4.74 Å². The van der Waals surface area contributed by atoms with E-state index in [1.54, 1.807) is 54.6 Å². The third kappa shape index (κ3) is 2.15. The largest absolute Gasteiger partial charge is 0.380 e. The second kappa shape index (κ2) is 5.28. The summed E-state index contributed by atoms with van der Waals surface area (Å²) in [6, 6.07) is 15.5. The fraction of sp³-hybridized carbons (Fsp3) is 0.278. The SMILES string of the molecule is O=C1c2ccccc2[C@H](S(=O)(=O)c2ccccc2)[C@H]2COC[C@@H]12. The van der Waals surface area contributed by atoms with Gasteiger partial charge in [0.15, 0.2) is 15.6 Å². The minimum Gasteiger partial charge on any atom is -0.380 e. The zero-order valence-corrected chi connectivity index (χ0v) is 13.2. The summed E-state index contributed by atoms with van der Waals surface area (Å²) < 4.78 is 31.9. The fourth-order valence-corrected chi connectivity index (χ4v) is 5.79. The predicted molar refractivity (Wildman–Crippen MR) is 84.9 cm³/mol. The van der Waals surface area contributed by atoms with E-state index in [1.807, 2.05) is 0 Å². The molecule has 0 spiro atoms. The number of fused-ring (bicyclic) bond motifs is 2. The van der Waals surface area contributed by atoms with Crippen molar-refractivity contribution in [2.75, 3.05) is 13.2 Å². The number of Topliss-reactive ketones (excluding diaryl/α,β-unsaturated/α-hetero) is 1. The van der Waals surface area contributed by atoms with Crippen LogP contribution in [0.4, 0.5) is 0 Å². The minimum atomic E-state index is -3.59. The van der Waals surface area contributed by atoms with Gasteiger partial charge in [-0.2, -0.15) is 0 Å². The van der Waals surface area contributed by atoms with Crippen LogP contribution in [-0.2, 0) is 14.6 Å². The molecule has 1 saturated heterocycles. The van der Waals surface area contributed by atoms with Crippen LogP contribution in [0.3, 0.4) is 0 Å². The molecule has 2 aliphatic rings. The second-order valence-corrected chi connectivity index (χ2v) is 8.11. The van der Waals surface area contributed by atoms with Crippen molar-refractivity contribution in [1.29, 1.82) is 0 Å². The topological polar surface area (TPSA) is 60.4 Å². The molecular weight excluding hydrogens is 312 g/mol. The molecule has 4 nitrogen and oxygen atoms in total. The molecule has 0 N–H and O–H groups in total. The fourth-order valence-electron chi connectivity index (χ4n) is 3.69. The number of carbonyl (C=O) groups is 1. The molecule has 23 heavy (non-hydrogen) atoms. The Hall–Kier alpha value is -1.98. The molecule has 0 bridgehead atoms. The van der Waals surface area contributed by atoms with E-state index in [4.69, 9.17) is 4.74 Å². The zero-order valence-electron chi connectivity index (χ0n) is 12.4. The molecule has 1 fully saturated rings. The van der Waals surface area contributed by atoms with Gasteiger partial charge in [-0.25, -0.2) is 8.42 Å². The lowest BCUT2D eigenvalue weighted by Crippen LogP contribution is -2.37. The van der Waals surface area contributed by atoms with Crippen LogP contribution < -0.4 is 0 Å².